The van der Waals surface area contributed by atoms with E-state index in [1.165, 1.54) is 0 Å². The number of nitrogens with one attached hydrogen (secondary N) is 1. The van der Waals surface area contributed by atoms with E-state index < -0.39 is 0 Å². The molecule has 21 heavy (non-hydrogen) atoms. The minimum atomic E-state index is -0.0664. The van der Waals surface area contributed by atoms with E-state index in [2.05, 4.69) is 26.3 Å². The van der Waals surface area contributed by atoms with E-state index in [9.17, 15) is 0 Å². The Morgan fingerprint density at radius 1 is 1.24 bits per heavy atom. The first-order valence-corrected chi connectivity index (χ1v) is 7.25. The summed E-state index contributed by atoms with van der Waals surface area (Å²) in [5.74, 6) is 7.23. The van der Waals surface area contributed by atoms with Crippen molar-refractivity contribution in [3.63, 3.8) is 0 Å². The maximum atomic E-state index is 5.71. The number of hydrogen-bond acceptors (Lipinski definition) is 5. The molecule has 0 aliphatic carbocycles. The van der Waals surface area contributed by atoms with E-state index in [1.807, 2.05) is 24.3 Å². The number of benzene rings is 1. The van der Waals surface area contributed by atoms with Gasteiger partial charge in [0.2, 0.25) is 0 Å². The molecule has 1 heterocycles. The number of aromatic nitrogens is 1. The van der Waals surface area contributed by atoms with Crippen LogP contribution in [-0.2, 0) is 6.42 Å². The molecule has 1 aromatic heterocycles. The second-order valence-corrected chi connectivity index (χ2v) is 5.36. The number of methoxy groups -OCH3 is 2. The zero-order valence-corrected chi connectivity index (χ0v) is 13.6. The molecule has 6 heteroatoms. The van der Waals surface area contributed by atoms with Crippen LogP contribution in [0.4, 0.5) is 0 Å². The minimum absolute atomic E-state index is 0.0664. The van der Waals surface area contributed by atoms with Gasteiger partial charge in [0.25, 0.3) is 0 Å². The van der Waals surface area contributed by atoms with Crippen molar-refractivity contribution in [2.75, 3.05) is 14.2 Å². The van der Waals surface area contributed by atoms with Crippen LogP contribution in [-0.4, -0.2) is 19.2 Å². The summed E-state index contributed by atoms with van der Waals surface area (Å²) in [7, 11) is 3.27. The van der Waals surface area contributed by atoms with E-state index >= 15 is 0 Å². The van der Waals surface area contributed by atoms with Crippen LogP contribution in [0.2, 0.25) is 0 Å². The van der Waals surface area contributed by atoms with E-state index in [-0.39, 0.29) is 6.04 Å². The van der Waals surface area contributed by atoms with Crippen LogP contribution in [0.1, 0.15) is 17.2 Å². The zero-order valence-electron chi connectivity index (χ0n) is 12.0. The number of hydrogen-bond donors (Lipinski definition) is 2. The molecule has 1 aromatic carbocycles. The molecule has 0 spiro atoms. The van der Waals surface area contributed by atoms with Crippen LogP contribution >= 0.6 is 15.9 Å². The van der Waals surface area contributed by atoms with Gasteiger partial charge in [-0.2, -0.15) is 0 Å². The van der Waals surface area contributed by atoms with Crippen molar-refractivity contribution in [3.8, 4) is 11.5 Å². The summed E-state index contributed by atoms with van der Waals surface area (Å²) >= 11 is 3.49. The smallest absolute Gasteiger partial charge is 0.141 e. The molecule has 0 saturated carbocycles. The highest BCUT2D eigenvalue weighted by Gasteiger charge is 2.16. The molecular weight excluding hydrogens is 334 g/mol. The minimum Gasteiger partial charge on any atom is -0.496 e. The molecule has 0 saturated heterocycles. The van der Waals surface area contributed by atoms with Crippen molar-refractivity contribution >= 4 is 15.9 Å². The summed E-state index contributed by atoms with van der Waals surface area (Å²) in [4.78, 5) is 4.06. The van der Waals surface area contributed by atoms with Gasteiger partial charge in [-0.3, -0.25) is 16.3 Å². The molecule has 2 rings (SSSR count). The van der Waals surface area contributed by atoms with Gasteiger partial charge in [0.15, 0.2) is 0 Å². The largest absolute Gasteiger partial charge is 0.496 e. The Kier molecular flexibility index (Phi) is 5.55. The van der Waals surface area contributed by atoms with Crippen molar-refractivity contribution in [1.29, 1.82) is 0 Å². The molecule has 0 aliphatic rings. The van der Waals surface area contributed by atoms with Crippen LogP contribution in [0.15, 0.2) is 41.1 Å². The molecule has 5 nitrogen and oxygen atoms in total. The molecule has 1 atom stereocenters. The molecule has 3 N–H and O–H groups in total. The van der Waals surface area contributed by atoms with Gasteiger partial charge in [0.1, 0.15) is 11.5 Å². The molecule has 0 fully saturated rings. The second-order valence-electron chi connectivity index (χ2n) is 4.51. The third-order valence-electron chi connectivity index (χ3n) is 3.27. The normalized spacial score (nSPS) is 12.0. The van der Waals surface area contributed by atoms with Gasteiger partial charge in [0.05, 0.1) is 30.9 Å². The van der Waals surface area contributed by atoms with Crippen LogP contribution in [0.25, 0.3) is 0 Å². The standard InChI is InChI=1S/C15H18BrN3O2/c1-20-14-4-3-10(7-12(14)16)8-13(19-17)11-5-6-18-9-15(11)21-2/h3-7,9,13,19H,8,17H2,1-2H3. The summed E-state index contributed by atoms with van der Waals surface area (Å²) in [5.41, 5.74) is 4.94. The predicted octanol–water partition coefficient (Wildman–Crippen LogP) is 2.61. The lowest BCUT2D eigenvalue weighted by Gasteiger charge is -2.19. The Morgan fingerprint density at radius 2 is 2.00 bits per heavy atom. The lowest BCUT2D eigenvalue weighted by atomic mass is 9.99. The predicted molar refractivity (Wildman–Crippen MR) is 85.3 cm³/mol. The lowest BCUT2D eigenvalue weighted by Crippen LogP contribution is -2.30. The Bertz CT molecular complexity index is 607. The van der Waals surface area contributed by atoms with Gasteiger partial charge >= 0.3 is 0 Å². The number of rotatable bonds is 6. The Morgan fingerprint density at radius 3 is 2.62 bits per heavy atom. The number of hydrazine groups is 1. The van der Waals surface area contributed by atoms with Crippen molar-refractivity contribution < 1.29 is 9.47 Å². The lowest BCUT2D eigenvalue weighted by molar-refractivity contribution is 0.397. The number of halogens is 1. The molecule has 0 radical (unpaired) electrons. The highest BCUT2D eigenvalue weighted by molar-refractivity contribution is 9.10. The van der Waals surface area contributed by atoms with Crippen molar-refractivity contribution in [1.82, 2.24) is 10.4 Å². The fourth-order valence-electron chi connectivity index (χ4n) is 2.18. The van der Waals surface area contributed by atoms with Crippen LogP contribution < -0.4 is 20.7 Å². The number of nitrogens with zero attached hydrogens (tertiary/aromatic N) is 1. The summed E-state index contributed by atoms with van der Waals surface area (Å²) in [6, 6.07) is 7.81. The molecular formula is C15H18BrN3O2. The third-order valence-corrected chi connectivity index (χ3v) is 3.89. The average molecular weight is 352 g/mol. The quantitative estimate of drug-likeness (QED) is 0.618. The topological polar surface area (TPSA) is 69.4 Å². The van der Waals surface area contributed by atoms with E-state index in [1.54, 1.807) is 26.6 Å². The second kappa shape index (κ2) is 7.40. The maximum Gasteiger partial charge on any atom is 0.141 e. The fourth-order valence-corrected chi connectivity index (χ4v) is 2.77. The Hall–Kier alpha value is -1.63. The molecule has 0 bridgehead atoms. The number of ether oxygens (including phenoxy) is 2. The maximum absolute atomic E-state index is 5.71. The number of pyridine rings is 1. The molecule has 0 amide bonds. The molecule has 2 aromatic rings. The van der Waals surface area contributed by atoms with Gasteiger partial charge in [0, 0.05) is 11.8 Å². The van der Waals surface area contributed by atoms with Gasteiger partial charge in [-0.05, 0) is 46.1 Å². The SMILES string of the molecule is COc1ccc(CC(NN)c2ccncc2OC)cc1Br. The zero-order chi connectivity index (χ0) is 15.2. The van der Waals surface area contributed by atoms with Crippen LogP contribution in [0, 0.1) is 0 Å². The molecule has 0 aliphatic heterocycles. The first-order valence-electron chi connectivity index (χ1n) is 6.46. The third kappa shape index (κ3) is 3.72. The Labute approximate surface area is 132 Å². The molecule has 112 valence electrons. The summed E-state index contributed by atoms with van der Waals surface area (Å²) < 4.78 is 11.5. The van der Waals surface area contributed by atoms with Gasteiger partial charge in [-0.25, -0.2) is 0 Å². The fraction of sp³-hybridized carbons (Fsp3) is 0.267. The van der Waals surface area contributed by atoms with Crippen molar-refractivity contribution in [2.45, 2.75) is 12.5 Å². The van der Waals surface area contributed by atoms with Crippen LogP contribution in [0.3, 0.4) is 0 Å². The highest BCUT2D eigenvalue weighted by Crippen LogP contribution is 2.30. The first-order chi connectivity index (χ1) is 10.2. The average Bonchev–Trinajstić information content (AvgIpc) is 2.52. The first kappa shape index (κ1) is 15.8. The molecule has 1 unspecified atom stereocenters. The summed E-state index contributed by atoms with van der Waals surface area (Å²) in [6.07, 6.45) is 4.13. The monoisotopic (exact) mass is 351 g/mol. The van der Waals surface area contributed by atoms with E-state index in [4.69, 9.17) is 15.3 Å². The van der Waals surface area contributed by atoms with E-state index in [0.717, 1.165) is 27.8 Å². The van der Waals surface area contributed by atoms with Crippen molar-refractivity contribution in [3.05, 3.63) is 52.3 Å². The summed E-state index contributed by atoms with van der Waals surface area (Å²) in [6.45, 7) is 0. The summed E-state index contributed by atoms with van der Waals surface area (Å²) in [5, 5.41) is 0. The van der Waals surface area contributed by atoms with E-state index in [0.29, 0.717) is 5.75 Å². The van der Waals surface area contributed by atoms with Gasteiger partial charge < -0.3 is 9.47 Å². The van der Waals surface area contributed by atoms with Crippen LogP contribution in [0.5, 0.6) is 11.5 Å². The van der Waals surface area contributed by atoms with Gasteiger partial charge in [-0.1, -0.05) is 6.07 Å². The number of nitrogens with two attached hydrogens (primary N) is 1. The highest BCUT2D eigenvalue weighted by atomic mass is 79.9. The van der Waals surface area contributed by atoms with Gasteiger partial charge in [-0.15, -0.1) is 0 Å². The Balaban J connectivity index is 2.25. The van der Waals surface area contributed by atoms with Crippen molar-refractivity contribution in [2.24, 2.45) is 5.84 Å².